The second kappa shape index (κ2) is 6.27. The lowest BCUT2D eigenvalue weighted by Crippen LogP contribution is -2.41. The number of halogens is 3. The SMILES string of the molecule is Cc1c(C(=O)N2CCOCC2)c(C(F)(F)F)nn1-c1ccccc1. The van der Waals surface area contributed by atoms with E-state index in [1.165, 1.54) is 11.8 Å². The van der Waals surface area contributed by atoms with Crippen molar-refractivity contribution in [2.45, 2.75) is 13.1 Å². The number of alkyl halides is 3. The molecule has 0 saturated carbocycles. The Morgan fingerprint density at radius 3 is 2.38 bits per heavy atom. The Hall–Kier alpha value is -2.35. The molecule has 0 aliphatic carbocycles. The van der Waals surface area contributed by atoms with Gasteiger partial charge in [-0.15, -0.1) is 0 Å². The van der Waals surface area contributed by atoms with Gasteiger partial charge in [0, 0.05) is 13.1 Å². The first kappa shape index (κ1) is 16.5. The van der Waals surface area contributed by atoms with Crippen LogP contribution < -0.4 is 0 Å². The summed E-state index contributed by atoms with van der Waals surface area (Å²) in [6.07, 6.45) is -4.71. The third-order valence-electron chi connectivity index (χ3n) is 3.90. The van der Waals surface area contributed by atoms with Gasteiger partial charge in [-0.25, -0.2) is 4.68 Å². The number of morpholine rings is 1. The van der Waals surface area contributed by atoms with E-state index in [-0.39, 0.29) is 18.8 Å². The molecule has 0 N–H and O–H groups in total. The molecule has 0 unspecified atom stereocenters. The van der Waals surface area contributed by atoms with Crippen LogP contribution in [0, 0.1) is 6.92 Å². The van der Waals surface area contributed by atoms with Gasteiger partial charge in [0.1, 0.15) is 0 Å². The van der Waals surface area contributed by atoms with E-state index in [0.29, 0.717) is 18.9 Å². The fourth-order valence-electron chi connectivity index (χ4n) is 2.70. The van der Waals surface area contributed by atoms with Gasteiger partial charge >= 0.3 is 6.18 Å². The Balaban J connectivity index is 2.10. The smallest absolute Gasteiger partial charge is 0.378 e. The van der Waals surface area contributed by atoms with Crippen LogP contribution in [0.5, 0.6) is 0 Å². The van der Waals surface area contributed by atoms with E-state index in [2.05, 4.69) is 5.10 Å². The van der Waals surface area contributed by atoms with Crippen LogP contribution in [0.4, 0.5) is 13.2 Å². The highest BCUT2D eigenvalue weighted by Crippen LogP contribution is 2.34. The van der Waals surface area contributed by atoms with E-state index in [1.54, 1.807) is 30.3 Å². The second-order valence-electron chi connectivity index (χ2n) is 5.46. The monoisotopic (exact) mass is 339 g/mol. The lowest BCUT2D eigenvalue weighted by molar-refractivity contribution is -0.141. The summed E-state index contributed by atoms with van der Waals surface area (Å²) >= 11 is 0. The molecule has 128 valence electrons. The highest BCUT2D eigenvalue weighted by atomic mass is 19.4. The van der Waals surface area contributed by atoms with Gasteiger partial charge in [-0.1, -0.05) is 18.2 Å². The predicted octanol–water partition coefficient (Wildman–Crippen LogP) is 2.67. The van der Waals surface area contributed by atoms with Gasteiger partial charge < -0.3 is 9.64 Å². The molecule has 0 bridgehead atoms. The topological polar surface area (TPSA) is 47.4 Å². The third kappa shape index (κ3) is 3.01. The summed E-state index contributed by atoms with van der Waals surface area (Å²) in [7, 11) is 0. The minimum Gasteiger partial charge on any atom is -0.378 e. The largest absolute Gasteiger partial charge is 0.435 e. The number of hydrogen-bond donors (Lipinski definition) is 0. The molecule has 1 fully saturated rings. The number of aromatic nitrogens is 2. The quantitative estimate of drug-likeness (QED) is 0.845. The molecule has 1 aliphatic rings. The zero-order valence-corrected chi connectivity index (χ0v) is 13.0. The van der Waals surface area contributed by atoms with Crippen LogP contribution in [0.3, 0.4) is 0 Å². The van der Waals surface area contributed by atoms with Gasteiger partial charge in [0.25, 0.3) is 5.91 Å². The fourth-order valence-corrected chi connectivity index (χ4v) is 2.70. The van der Waals surface area contributed by atoms with Gasteiger partial charge in [-0.05, 0) is 19.1 Å². The van der Waals surface area contributed by atoms with Crippen molar-refractivity contribution in [1.29, 1.82) is 0 Å². The Morgan fingerprint density at radius 1 is 1.17 bits per heavy atom. The van der Waals surface area contributed by atoms with Gasteiger partial charge in [-0.3, -0.25) is 4.79 Å². The van der Waals surface area contributed by atoms with Crippen LogP contribution in [0.15, 0.2) is 30.3 Å². The average Bonchev–Trinajstić information content (AvgIpc) is 2.93. The zero-order chi connectivity index (χ0) is 17.3. The van der Waals surface area contributed by atoms with Crippen molar-refractivity contribution in [3.8, 4) is 5.69 Å². The maximum absolute atomic E-state index is 13.4. The van der Waals surface area contributed by atoms with Crippen LogP contribution in [0.1, 0.15) is 21.7 Å². The molecule has 1 amide bonds. The number of carbonyl (C=O) groups excluding carboxylic acids is 1. The summed E-state index contributed by atoms with van der Waals surface area (Å²) in [6.45, 7) is 2.65. The molecular formula is C16H16F3N3O2. The first-order valence-electron chi connectivity index (χ1n) is 7.49. The van der Waals surface area contributed by atoms with Crippen LogP contribution in [0.2, 0.25) is 0 Å². The van der Waals surface area contributed by atoms with Gasteiger partial charge in [0.2, 0.25) is 0 Å². The van der Waals surface area contributed by atoms with Crippen LogP contribution in [-0.4, -0.2) is 46.9 Å². The molecular weight excluding hydrogens is 323 g/mol. The van der Waals surface area contributed by atoms with Crippen molar-refractivity contribution in [2.75, 3.05) is 26.3 Å². The Labute approximate surface area is 136 Å². The summed E-state index contributed by atoms with van der Waals surface area (Å²) in [4.78, 5) is 14.0. The average molecular weight is 339 g/mol. The van der Waals surface area contributed by atoms with Gasteiger partial charge in [-0.2, -0.15) is 18.3 Å². The normalized spacial score (nSPS) is 15.6. The number of para-hydroxylation sites is 1. The summed E-state index contributed by atoms with van der Waals surface area (Å²) in [5.41, 5.74) is -0.903. The molecule has 1 aromatic heterocycles. The summed E-state index contributed by atoms with van der Waals surface area (Å²) < 4.78 is 46.6. The zero-order valence-electron chi connectivity index (χ0n) is 13.0. The summed E-state index contributed by atoms with van der Waals surface area (Å²) in [6, 6.07) is 8.44. The number of carbonyl (C=O) groups is 1. The Bertz CT molecular complexity index is 735. The maximum atomic E-state index is 13.4. The van der Waals surface area contributed by atoms with Crippen molar-refractivity contribution in [1.82, 2.24) is 14.7 Å². The van der Waals surface area contributed by atoms with Crippen molar-refractivity contribution < 1.29 is 22.7 Å². The summed E-state index contributed by atoms with van der Waals surface area (Å²) in [5.74, 6) is -0.662. The molecule has 0 spiro atoms. The number of rotatable bonds is 2. The fraction of sp³-hybridized carbons (Fsp3) is 0.375. The first-order valence-corrected chi connectivity index (χ1v) is 7.49. The van der Waals surface area contributed by atoms with E-state index in [4.69, 9.17) is 4.74 Å². The molecule has 3 rings (SSSR count). The molecule has 1 aliphatic heterocycles. The Kier molecular flexibility index (Phi) is 4.31. The minimum absolute atomic E-state index is 0.171. The van der Waals surface area contributed by atoms with Crippen LogP contribution >= 0.6 is 0 Å². The number of amides is 1. The van der Waals surface area contributed by atoms with Gasteiger partial charge in [0.05, 0.1) is 30.2 Å². The number of ether oxygens (including phenoxy) is 1. The molecule has 5 nitrogen and oxygen atoms in total. The van der Waals surface area contributed by atoms with Crippen molar-refractivity contribution in [3.05, 3.63) is 47.3 Å². The van der Waals surface area contributed by atoms with E-state index in [1.807, 2.05) is 0 Å². The number of nitrogens with zero attached hydrogens (tertiary/aromatic N) is 3. The third-order valence-corrected chi connectivity index (χ3v) is 3.90. The van der Waals surface area contributed by atoms with Gasteiger partial charge in [0.15, 0.2) is 5.69 Å². The molecule has 0 atom stereocenters. The number of hydrogen-bond acceptors (Lipinski definition) is 3. The maximum Gasteiger partial charge on any atom is 0.435 e. The lowest BCUT2D eigenvalue weighted by atomic mass is 10.1. The van der Waals surface area contributed by atoms with E-state index < -0.39 is 23.3 Å². The summed E-state index contributed by atoms with van der Waals surface area (Å²) in [5, 5.41) is 3.68. The molecule has 0 radical (unpaired) electrons. The second-order valence-corrected chi connectivity index (χ2v) is 5.46. The molecule has 1 aromatic carbocycles. The number of benzene rings is 1. The molecule has 2 heterocycles. The van der Waals surface area contributed by atoms with Crippen LogP contribution in [0.25, 0.3) is 5.69 Å². The lowest BCUT2D eigenvalue weighted by Gasteiger charge is -2.27. The predicted molar refractivity (Wildman–Crippen MR) is 80.0 cm³/mol. The van der Waals surface area contributed by atoms with Crippen molar-refractivity contribution in [3.63, 3.8) is 0 Å². The van der Waals surface area contributed by atoms with Crippen molar-refractivity contribution in [2.24, 2.45) is 0 Å². The molecule has 24 heavy (non-hydrogen) atoms. The highest BCUT2D eigenvalue weighted by Gasteiger charge is 2.42. The van der Waals surface area contributed by atoms with Crippen LogP contribution in [-0.2, 0) is 10.9 Å². The molecule has 1 saturated heterocycles. The first-order chi connectivity index (χ1) is 11.4. The highest BCUT2D eigenvalue weighted by molar-refractivity contribution is 5.97. The Morgan fingerprint density at radius 2 is 1.79 bits per heavy atom. The standard InChI is InChI=1S/C16H16F3N3O2/c1-11-13(15(23)21-7-9-24-10-8-21)14(16(17,18)19)20-22(11)12-5-3-2-4-6-12/h2-6H,7-10H2,1H3. The van der Waals surface area contributed by atoms with E-state index in [0.717, 1.165) is 4.68 Å². The molecule has 8 heteroatoms. The van der Waals surface area contributed by atoms with E-state index in [9.17, 15) is 18.0 Å². The molecule has 2 aromatic rings. The van der Waals surface area contributed by atoms with Crippen molar-refractivity contribution >= 4 is 5.91 Å². The van der Waals surface area contributed by atoms with E-state index >= 15 is 0 Å². The minimum atomic E-state index is -4.71.